The maximum atomic E-state index is 13.5. The lowest BCUT2D eigenvalue weighted by atomic mass is 10.0. The molecule has 3 amide bonds. The van der Waals surface area contributed by atoms with Crippen LogP contribution in [0.3, 0.4) is 0 Å². The third kappa shape index (κ3) is 2.60. The normalized spacial score (nSPS) is 17.8. The fourth-order valence-corrected chi connectivity index (χ4v) is 4.09. The third-order valence-corrected chi connectivity index (χ3v) is 5.45. The first-order valence-corrected chi connectivity index (χ1v) is 9.42. The molecule has 2 aliphatic heterocycles. The van der Waals surface area contributed by atoms with Crippen molar-refractivity contribution in [1.82, 2.24) is 10.3 Å². The number of nitrogens with one attached hydrogen (secondary N) is 2. The lowest BCUT2D eigenvalue weighted by molar-refractivity contribution is -0.134. The van der Waals surface area contributed by atoms with Gasteiger partial charge in [-0.1, -0.05) is 18.2 Å². The molecule has 0 spiro atoms. The van der Waals surface area contributed by atoms with E-state index < -0.39 is 11.9 Å². The number of piperidine rings is 1. The van der Waals surface area contributed by atoms with E-state index >= 15 is 0 Å². The molecule has 2 aliphatic rings. The zero-order valence-electron chi connectivity index (χ0n) is 15.7. The minimum atomic E-state index is -0.755. The Kier molecular flexibility index (Phi) is 3.96. The number of pyridine rings is 1. The zero-order valence-corrected chi connectivity index (χ0v) is 15.7. The summed E-state index contributed by atoms with van der Waals surface area (Å²) in [4.78, 5) is 43.1. The van der Waals surface area contributed by atoms with Crippen molar-refractivity contribution in [2.45, 2.75) is 18.9 Å². The van der Waals surface area contributed by atoms with Crippen LogP contribution in [-0.2, 0) is 9.59 Å². The highest BCUT2D eigenvalue weighted by molar-refractivity contribution is 6.29. The van der Waals surface area contributed by atoms with Gasteiger partial charge in [0.25, 0.3) is 5.91 Å². The second-order valence-electron chi connectivity index (χ2n) is 7.16. The minimum absolute atomic E-state index is 0.179. The standard InChI is InChI=1S/C22H15N5O3/c23-10-13-8-9-24-11-15(13)25-14-5-4-12-2-1-3-16-19(12)20(14)22(30)27(16)17-6-7-18(28)26-21(17)29/h1-5,8-9,11,17,25H,6-7H2,(H,26,28,29). The average Bonchev–Trinajstić information content (AvgIpc) is 3.04. The van der Waals surface area contributed by atoms with Crippen molar-refractivity contribution in [1.29, 1.82) is 5.26 Å². The van der Waals surface area contributed by atoms with E-state index in [-0.39, 0.29) is 24.7 Å². The SMILES string of the molecule is N#Cc1ccncc1Nc1ccc2cccc3c2c1C(=O)N3C1CCC(=O)NC1=O. The number of anilines is 3. The second kappa shape index (κ2) is 6.67. The number of hydrogen-bond acceptors (Lipinski definition) is 6. The zero-order chi connectivity index (χ0) is 20.8. The van der Waals surface area contributed by atoms with Gasteiger partial charge in [-0.15, -0.1) is 0 Å². The molecule has 5 rings (SSSR count). The van der Waals surface area contributed by atoms with Gasteiger partial charge >= 0.3 is 0 Å². The first-order valence-electron chi connectivity index (χ1n) is 9.42. The number of nitrogens with zero attached hydrogens (tertiary/aromatic N) is 3. The number of amides is 3. The summed E-state index contributed by atoms with van der Waals surface area (Å²) in [6, 6.07) is 12.1. The Hall–Kier alpha value is -4.25. The number of nitriles is 1. The summed E-state index contributed by atoms with van der Waals surface area (Å²) in [6.45, 7) is 0. The summed E-state index contributed by atoms with van der Waals surface area (Å²) in [5, 5.41) is 16.4. The van der Waals surface area contributed by atoms with Crippen molar-refractivity contribution in [3.63, 3.8) is 0 Å². The van der Waals surface area contributed by atoms with E-state index in [1.54, 1.807) is 18.2 Å². The number of carbonyl (C=O) groups is 3. The molecule has 1 unspecified atom stereocenters. The molecule has 0 bridgehead atoms. The van der Waals surface area contributed by atoms with Gasteiger partial charge in [0.05, 0.1) is 34.4 Å². The molecule has 146 valence electrons. The predicted molar refractivity (Wildman–Crippen MR) is 109 cm³/mol. The van der Waals surface area contributed by atoms with Crippen LogP contribution in [0.5, 0.6) is 0 Å². The van der Waals surface area contributed by atoms with Crippen LogP contribution in [0.15, 0.2) is 48.8 Å². The van der Waals surface area contributed by atoms with Crippen LogP contribution in [0.1, 0.15) is 28.8 Å². The monoisotopic (exact) mass is 397 g/mol. The molecule has 3 aromatic rings. The molecular weight excluding hydrogens is 382 g/mol. The Morgan fingerprint density at radius 1 is 1.13 bits per heavy atom. The van der Waals surface area contributed by atoms with Crippen LogP contribution in [0.2, 0.25) is 0 Å². The molecule has 1 saturated heterocycles. The molecule has 8 nitrogen and oxygen atoms in total. The molecule has 2 N–H and O–H groups in total. The maximum Gasteiger partial charge on any atom is 0.261 e. The fourth-order valence-electron chi connectivity index (χ4n) is 4.09. The van der Waals surface area contributed by atoms with Crippen molar-refractivity contribution in [2.75, 3.05) is 10.2 Å². The van der Waals surface area contributed by atoms with E-state index in [0.717, 1.165) is 10.8 Å². The Morgan fingerprint density at radius 3 is 2.80 bits per heavy atom. The summed E-state index contributed by atoms with van der Waals surface area (Å²) >= 11 is 0. The van der Waals surface area contributed by atoms with Crippen LogP contribution < -0.4 is 15.5 Å². The predicted octanol–water partition coefficient (Wildman–Crippen LogP) is 2.62. The summed E-state index contributed by atoms with van der Waals surface area (Å²) in [6.07, 6.45) is 3.50. The Morgan fingerprint density at radius 2 is 2.00 bits per heavy atom. The van der Waals surface area contributed by atoms with Crippen molar-refractivity contribution in [3.8, 4) is 6.07 Å². The molecule has 0 radical (unpaired) electrons. The van der Waals surface area contributed by atoms with Crippen molar-refractivity contribution < 1.29 is 14.4 Å². The molecule has 1 aromatic heterocycles. The van der Waals surface area contributed by atoms with Gasteiger partial charge in [-0.05, 0) is 30.0 Å². The lowest BCUT2D eigenvalue weighted by Crippen LogP contribution is -2.53. The number of hydrogen-bond donors (Lipinski definition) is 2. The number of benzene rings is 2. The Labute approximate surface area is 171 Å². The highest BCUT2D eigenvalue weighted by atomic mass is 16.2. The van der Waals surface area contributed by atoms with Gasteiger partial charge < -0.3 is 5.32 Å². The van der Waals surface area contributed by atoms with Gasteiger partial charge in [0.1, 0.15) is 12.1 Å². The van der Waals surface area contributed by atoms with Gasteiger partial charge in [0.2, 0.25) is 11.8 Å². The molecule has 2 aromatic carbocycles. The van der Waals surface area contributed by atoms with E-state index in [9.17, 15) is 19.6 Å². The van der Waals surface area contributed by atoms with E-state index in [0.29, 0.717) is 28.2 Å². The summed E-state index contributed by atoms with van der Waals surface area (Å²) in [5.41, 5.74) is 2.48. The quantitative estimate of drug-likeness (QED) is 0.657. The van der Waals surface area contributed by atoms with Crippen LogP contribution in [0, 0.1) is 11.3 Å². The van der Waals surface area contributed by atoms with E-state index in [1.165, 1.54) is 17.3 Å². The average molecular weight is 397 g/mol. The van der Waals surface area contributed by atoms with E-state index in [2.05, 4.69) is 21.7 Å². The van der Waals surface area contributed by atoms with Crippen LogP contribution in [-0.4, -0.2) is 28.7 Å². The van der Waals surface area contributed by atoms with Gasteiger partial charge in [-0.2, -0.15) is 5.26 Å². The van der Waals surface area contributed by atoms with E-state index in [4.69, 9.17) is 0 Å². The summed E-state index contributed by atoms with van der Waals surface area (Å²) in [7, 11) is 0. The highest BCUT2D eigenvalue weighted by Crippen LogP contribution is 2.43. The van der Waals surface area contributed by atoms with E-state index in [1.807, 2.05) is 18.2 Å². The Bertz CT molecular complexity index is 1290. The largest absolute Gasteiger partial charge is 0.353 e. The fraction of sp³-hybridized carbons (Fsp3) is 0.136. The smallest absolute Gasteiger partial charge is 0.261 e. The number of aromatic nitrogens is 1. The van der Waals surface area contributed by atoms with Gasteiger partial charge in [-0.25, -0.2) is 0 Å². The van der Waals surface area contributed by atoms with Gasteiger partial charge in [0, 0.05) is 18.0 Å². The Balaban J connectivity index is 1.63. The maximum absolute atomic E-state index is 13.5. The van der Waals surface area contributed by atoms with Crippen LogP contribution in [0.25, 0.3) is 10.8 Å². The van der Waals surface area contributed by atoms with Crippen molar-refractivity contribution >= 4 is 45.6 Å². The van der Waals surface area contributed by atoms with Crippen molar-refractivity contribution in [3.05, 3.63) is 59.9 Å². The van der Waals surface area contributed by atoms with Gasteiger partial charge in [0.15, 0.2) is 0 Å². The van der Waals surface area contributed by atoms with Crippen LogP contribution in [0.4, 0.5) is 17.1 Å². The number of carbonyl (C=O) groups excluding carboxylic acids is 3. The molecule has 30 heavy (non-hydrogen) atoms. The molecule has 8 heteroatoms. The molecule has 1 atom stereocenters. The molecular formula is C22H15N5O3. The second-order valence-corrected chi connectivity index (χ2v) is 7.16. The summed E-state index contributed by atoms with van der Waals surface area (Å²) in [5.74, 6) is -1.12. The molecule has 1 fully saturated rings. The molecule has 0 aliphatic carbocycles. The topological polar surface area (TPSA) is 115 Å². The first-order chi connectivity index (χ1) is 14.6. The van der Waals surface area contributed by atoms with Crippen molar-refractivity contribution in [2.24, 2.45) is 0 Å². The van der Waals surface area contributed by atoms with Crippen LogP contribution >= 0.6 is 0 Å². The summed E-state index contributed by atoms with van der Waals surface area (Å²) < 4.78 is 0. The third-order valence-electron chi connectivity index (χ3n) is 5.45. The minimum Gasteiger partial charge on any atom is -0.353 e. The molecule has 3 heterocycles. The lowest BCUT2D eigenvalue weighted by Gasteiger charge is -2.30. The number of imide groups is 1. The first kappa shape index (κ1) is 17.8. The van der Waals surface area contributed by atoms with Gasteiger partial charge in [-0.3, -0.25) is 29.6 Å². The highest BCUT2D eigenvalue weighted by Gasteiger charge is 2.41. The molecule has 0 saturated carbocycles. The number of rotatable bonds is 3.